The zero-order valence-electron chi connectivity index (χ0n) is 13.5. The molecule has 0 aliphatic carbocycles. The Kier molecular flexibility index (Phi) is 9.36. The van der Waals surface area contributed by atoms with Gasteiger partial charge in [0.05, 0.1) is 0 Å². The van der Waals surface area contributed by atoms with Crippen LogP contribution >= 0.6 is 24.2 Å². The summed E-state index contributed by atoms with van der Waals surface area (Å²) in [7, 11) is 0. The maximum absolute atomic E-state index is 12.8. The van der Waals surface area contributed by atoms with Gasteiger partial charge in [-0.15, -0.1) is 24.2 Å². The Labute approximate surface area is 148 Å². The maximum atomic E-state index is 12.8. The molecule has 4 nitrogen and oxygen atoms in total. The summed E-state index contributed by atoms with van der Waals surface area (Å²) in [5, 5.41) is 2.84. The third kappa shape index (κ3) is 6.97. The first kappa shape index (κ1) is 20.1. The van der Waals surface area contributed by atoms with Gasteiger partial charge in [0.2, 0.25) is 0 Å². The summed E-state index contributed by atoms with van der Waals surface area (Å²) >= 11 is 1.76. The molecule has 1 saturated heterocycles. The molecule has 0 bridgehead atoms. The van der Waals surface area contributed by atoms with Gasteiger partial charge in [-0.25, -0.2) is 9.18 Å². The molecule has 7 heteroatoms. The van der Waals surface area contributed by atoms with Gasteiger partial charge in [0.1, 0.15) is 5.82 Å². The monoisotopic (exact) mass is 361 g/mol. The van der Waals surface area contributed by atoms with Crippen LogP contribution < -0.4 is 5.32 Å². The highest BCUT2D eigenvalue weighted by atomic mass is 35.5. The van der Waals surface area contributed by atoms with E-state index in [1.54, 1.807) is 11.8 Å². The topological polar surface area (TPSA) is 35.6 Å². The molecule has 1 aromatic rings. The van der Waals surface area contributed by atoms with Crippen molar-refractivity contribution in [3.05, 3.63) is 30.1 Å². The number of urea groups is 1. The molecule has 0 unspecified atom stereocenters. The fraction of sp³-hybridized carbons (Fsp3) is 0.562. The predicted molar refractivity (Wildman–Crippen MR) is 96.1 cm³/mol. The van der Waals surface area contributed by atoms with Crippen molar-refractivity contribution in [2.24, 2.45) is 0 Å². The SMILES string of the molecule is CCNC(=O)N1CCN(CCCSc2ccc(F)cc2)CC1.Cl. The van der Waals surface area contributed by atoms with Crippen molar-refractivity contribution in [2.75, 3.05) is 45.0 Å². The number of halogens is 2. The lowest BCUT2D eigenvalue weighted by Gasteiger charge is -2.34. The van der Waals surface area contributed by atoms with E-state index in [0.29, 0.717) is 6.54 Å². The Morgan fingerprint density at radius 2 is 1.87 bits per heavy atom. The fourth-order valence-electron chi connectivity index (χ4n) is 2.45. The van der Waals surface area contributed by atoms with Gasteiger partial charge in [0.15, 0.2) is 0 Å². The second kappa shape index (κ2) is 10.7. The van der Waals surface area contributed by atoms with Gasteiger partial charge in [-0.1, -0.05) is 0 Å². The molecule has 23 heavy (non-hydrogen) atoms. The second-order valence-corrected chi connectivity index (χ2v) is 6.49. The number of hydrogen-bond acceptors (Lipinski definition) is 3. The number of carbonyl (C=O) groups is 1. The molecule has 1 N–H and O–H groups in total. The first-order valence-corrected chi connectivity index (χ1v) is 8.81. The van der Waals surface area contributed by atoms with Crippen LogP contribution in [0.25, 0.3) is 0 Å². The van der Waals surface area contributed by atoms with Crippen molar-refractivity contribution >= 4 is 30.2 Å². The molecular weight excluding hydrogens is 337 g/mol. The number of amides is 2. The van der Waals surface area contributed by atoms with Gasteiger partial charge in [-0.3, -0.25) is 4.90 Å². The summed E-state index contributed by atoms with van der Waals surface area (Å²) in [6.45, 7) is 7.16. The molecule has 0 spiro atoms. The van der Waals surface area contributed by atoms with Crippen molar-refractivity contribution in [3.8, 4) is 0 Å². The van der Waals surface area contributed by atoms with Crippen molar-refractivity contribution in [1.82, 2.24) is 15.1 Å². The van der Waals surface area contributed by atoms with Crippen LogP contribution in [0.5, 0.6) is 0 Å². The predicted octanol–water partition coefficient (Wildman–Crippen LogP) is 3.08. The standard InChI is InChI=1S/C16H24FN3OS.ClH/c1-2-18-16(21)20-11-9-19(10-12-20)8-3-13-22-15-6-4-14(17)5-7-15;/h4-7H,2-3,8-13H2,1H3,(H,18,21);1H. The van der Waals surface area contributed by atoms with E-state index in [1.165, 1.54) is 12.1 Å². The summed E-state index contributed by atoms with van der Waals surface area (Å²) in [6.07, 6.45) is 1.10. The van der Waals surface area contributed by atoms with Crippen LogP contribution in [-0.4, -0.2) is 60.9 Å². The van der Waals surface area contributed by atoms with Crippen LogP contribution in [-0.2, 0) is 0 Å². The molecule has 1 heterocycles. The maximum Gasteiger partial charge on any atom is 0.317 e. The van der Waals surface area contributed by atoms with Crippen LogP contribution in [0.3, 0.4) is 0 Å². The highest BCUT2D eigenvalue weighted by molar-refractivity contribution is 7.99. The summed E-state index contributed by atoms with van der Waals surface area (Å²) in [5.41, 5.74) is 0. The van der Waals surface area contributed by atoms with E-state index >= 15 is 0 Å². The molecule has 1 aliphatic heterocycles. The number of nitrogens with zero attached hydrogens (tertiary/aromatic N) is 2. The molecule has 0 saturated carbocycles. The first-order valence-electron chi connectivity index (χ1n) is 7.82. The molecule has 1 fully saturated rings. The lowest BCUT2D eigenvalue weighted by Crippen LogP contribution is -2.51. The fourth-order valence-corrected chi connectivity index (χ4v) is 3.28. The third-order valence-corrected chi connectivity index (χ3v) is 4.79. The largest absolute Gasteiger partial charge is 0.338 e. The second-order valence-electron chi connectivity index (χ2n) is 5.32. The molecular formula is C16H25ClFN3OS. The van der Waals surface area contributed by atoms with Crippen molar-refractivity contribution in [2.45, 2.75) is 18.2 Å². The summed E-state index contributed by atoms with van der Waals surface area (Å²) < 4.78 is 12.8. The molecule has 0 aromatic heterocycles. The van der Waals surface area contributed by atoms with Crippen LogP contribution in [0.15, 0.2) is 29.2 Å². The Morgan fingerprint density at radius 1 is 1.22 bits per heavy atom. The van der Waals surface area contributed by atoms with E-state index in [4.69, 9.17) is 0 Å². The number of rotatable bonds is 6. The van der Waals surface area contributed by atoms with Crippen molar-refractivity contribution in [3.63, 3.8) is 0 Å². The molecule has 1 aliphatic rings. The van der Waals surface area contributed by atoms with Crippen LogP contribution in [0.4, 0.5) is 9.18 Å². The average Bonchev–Trinajstić information content (AvgIpc) is 2.54. The minimum Gasteiger partial charge on any atom is -0.338 e. The highest BCUT2D eigenvalue weighted by Gasteiger charge is 2.19. The van der Waals surface area contributed by atoms with Crippen molar-refractivity contribution in [1.29, 1.82) is 0 Å². The van der Waals surface area contributed by atoms with Crippen molar-refractivity contribution < 1.29 is 9.18 Å². The number of thioether (sulfide) groups is 1. The van der Waals surface area contributed by atoms with Gasteiger partial charge in [0, 0.05) is 37.6 Å². The number of piperazine rings is 1. The van der Waals surface area contributed by atoms with Gasteiger partial charge < -0.3 is 10.2 Å². The molecule has 1 aromatic carbocycles. The zero-order valence-corrected chi connectivity index (χ0v) is 15.1. The van der Waals surface area contributed by atoms with Crippen LogP contribution in [0, 0.1) is 5.82 Å². The van der Waals surface area contributed by atoms with Crippen LogP contribution in [0.2, 0.25) is 0 Å². The normalized spacial score (nSPS) is 15.1. The Balaban J connectivity index is 0.00000264. The quantitative estimate of drug-likeness (QED) is 0.624. The minimum absolute atomic E-state index is 0. The van der Waals surface area contributed by atoms with E-state index in [-0.39, 0.29) is 24.3 Å². The van der Waals surface area contributed by atoms with Crippen LogP contribution in [0.1, 0.15) is 13.3 Å². The van der Waals surface area contributed by atoms with E-state index in [2.05, 4.69) is 10.2 Å². The molecule has 2 rings (SSSR count). The molecule has 0 radical (unpaired) electrons. The summed E-state index contributed by atoms with van der Waals surface area (Å²) in [6, 6.07) is 6.70. The Morgan fingerprint density at radius 3 is 2.48 bits per heavy atom. The first-order chi connectivity index (χ1) is 10.7. The lowest BCUT2D eigenvalue weighted by atomic mass is 10.3. The smallest absolute Gasteiger partial charge is 0.317 e. The van der Waals surface area contributed by atoms with E-state index in [9.17, 15) is 9.18 Å². The number of benzene rings is 1. The van der Waals surface area contributed by atoms with E-state index < -0.39 is 0 Å². The molecule has 0 atom stereocenters. The lowest BCUT2D eigenvalue weighted by molar-refractivity contribution is 0.140. The Bertz CT molecular complexity index is 467. The highest BCUT2D eigenvalue weighted by Crippen LogP contribution is 2.19. The van der Waals surface area contributed by atoms with Gasteiger partial charge in [0.25, 0.3) is 0 Å². The average molecular weight is 362 g/mol. The minimum atomic E-state index is -0.186. The number of carbonyl (C=O) groups excluding carboxylic acids is 1. The number of hydrogen-bond donors (Lipinski definition) is 1. The summed E-state index contributed by atoms with van der Waals surface area (Å²) in [4.78, 5) is 17.1. The number of nitrogens with one attached hydrogen (secondary N) is 1. The zero-order chi connectivity index (χ0) is 15.8. The van der Waals surface area contributed by atoms with Gasteiger partial charge >= 0.3 is 6.03 Å². The van der Waals surface area contributed by atoms with Gasteiger partial charge in [-0.2, -0.15) is 0 Å². The molecule has 130 valence electrons. The summed E-state index contributed by atoms with van der Waals surface area (Å²) in [5.74, 6) is 0.844. The van der Waals surface area contributed by atoms with E-state index in [0.717, 1.165) is 49.8 Å². The molecule has 2 amide bonds. The van der Waals surface area contributed by atoms with Gasteiger partial charge in [-0.05, 0) is 49.9 Å². The Hall–Kier alpha value is -0.980. The van der Waals surface area contributed by atoms with E-state index in [1.807, 2.05) is 24.0 Å². The third-order valence-electron chi connectivity index (χ3n) is 3.69.